The Morgan fingerprint density at radius 3 is 2.90 bits per heavy atom. The molecule has 0 aromatic carbocycles. The molecule has 29 heavy (non-hydrogen) atoms. The number of carbonyl (C=O) groups is 1. The van der Waals surface area contributed by atoms with Crippen LogP contribution in [0.4, 0.5) is 0 Å². The summed E-state index contributed by atoms with van der Waals surface area (Å²) < 4.78 is 5.55. The van der Waals surface area contributed by atoms with Crippen molar-refractivity contribution in [3.05, 3.63) is 29.6 Å². The number of morpholine rings is 1. The Morgan fingerprint density at radius 1 is 1.31 bits per heavy atom. The normalized spacial score (nSPS) is 31.2. The molecule has 3 fully saturated rings. The van der Waals surface area contributed by atoms with E-state index < -0.39 is 0 Å². The van der Waals surface area contributed by atoms with Crippen molar-refractivity contribution in [1.29, 1.82) is 0 Å². The van der Waals surface area contributed by atoms with Crippen LogP contribution in [-0.2, 0) is 16.1 Å². The first-order valence-corrected chi connectivity index (χ1v) is 11.4. The fourth-order valence-corrected chi connectivity index (χ4v) is 5.68. The highest BCUT2D eigenvalue weighted by atomic mass is 16.5. The molecule has 160 valence electrons. The molecule has 6 heteroatoms. The van der Waals surface area contributed by atoms with Crippen LogP contribution in [0.25, 0.3) is 0 Å². The van der Waals surface area contributed by atoms with Crippen molar-refractivity contribution in [2.75, 3.05) is 45.9 Å². The number of nitrogens with zero attached hydrogens (tertiary/aromatic N) is 3. The number of ether oxygens (including phenoxy) is 1. The van der Waals surface area contributed by atoms with E-state index in [2.05, 4.69) is 40.0 Å². The van der Waals surface area contributed by atoms with Gasteiger partial charge in [0.05, 0.1) is 30.9 Å². The molecule has 1 aromatic rings. The van der Waals surface area contributed by atoms with E-state index in [4.69, 9.17) is 4.74 Å². The minimum absolute atomic E-state index is 0.242. The Bertz CT molecular complexity index is 706. The summed E-state index contributed by atoms with van der Waals surface area (Å²) in [6.07, 6.45) is 6.19. The van der Waals surface area contributed by atoms with Gasteiger partial charge in [-0.1, -0.05) is 13.0 Å². The minimum atomic E-state index is -0.250. The SMILES string of the molecule is CCN1CC[C@@H]2C[C@@H](N3CCOCC3)CC[C@@]2(C(=O)NCc2ncccc2C)C1. The summed E-state index contributed by atoms with van der Waals surface area (Å²) in [5, 5.41) is 3.28. The standard InChI is InChI=1S/C23H36N4O2/c1-3-26-10-7-19-15-20(27-11-13-29-14-12-27)6-8-23(19,17-26)22(28)25-16-21-18(2)5-4-9-24-21/h4-5,9,19-20H,3,6-8,10-17H2,1-2H3,(H,25,28)/t19-,20+,23-/m1/s1. The number of aromatic nitrogens is 1. The molecule has 6 nitrogen and oxygen atoms in total. The molecular formula is C23H36N4O2. The van der Waals surface area contributed by atoms with Crippen LogP contribution in [0.2, 0.25) is 0 Å². The van der Waals surface area contributed by atoms with E-state index in [1.807, 2.05) is 12.3 Å². The Morgan fingerprint density at radius 2 is 2.14 bits per heavy atom. The highest BCUT2D eigenvalue weighted by molar-refractivity contribution is 5.83. The van der Waals surface area contributed by atoms with E-state index in [9.17, 15) is 4.79 Å². The van der Waals surface area contributed by atoms with Gasteiger partial charge in [-0.05, 0) is 63.2 Å². The van der Waals surface area contributed by atoms with Crippen LogP contribution in [0.15, 0.2) is 18.3 Å². The number of nitrogens with one attached hydrogen (secondary N) is 1. The molecule has 1 amide bonds. The molecule has 0 radical (unpaired) electrons. The van der Waals surface area contributed by atoms with Crippen molar-refractivity contribution in [1.82, 2.24) is 20.1 Å². The lowest BCUT2D eigenvalue weighted by Crippen LogP contribution is -2.60. The summed E-state index contributed by atoms with van der Waals surface area (Å²) >= 11 is 0. The smallest absolute Gasteiger partial charge is 0.228 e. The lowest BCUT2D eigenvalue weighted by atomic mass is 9.61. The zero-order valence-electron chi connectivity index (χ0n) is 18.0. The van der Waals surface area contributed by atoms with Gasteiger partial charge < -0.3 is 15.0 Å². The summed E-state index contributed by atoms with van der Waals surface area (Å²) in [4.78, 5) is 23.1. The number of amides is 1. The van der Waals surface area contributed by atoms with Gasteiger partial charge in [-0.25, -0.2) is 0 Å². The second kappa shape index (κ2) is 9.11. The second-order valence-corrected chi connectivity index (χ2v) is 9.04. The zero-order chi connectivity index (χ0) is 20.3. The van der Waals surface area contributed by atoms with Crippen LogP contribution >= 0.6 is 0 Å². The number of hydrogen-bond donors (Lipinski definition) is 1. The maximum Gasteiger partial charge on any atom is 0.228 e. The largest absolute Gasteiger partial charge is 0.379 e. The van der Waals surface area contributed by atoms with Crippen LogP contribution in [0.1, 0.15) is 43.9 Å². The first-order valence-electron chi connectivity index (χ1n) is 11.4. The van der Waals surface area contributed by atoms with Crippen molar-refractivity contribution >= 4 is 5.91 Å². The van der Waals surface area contributed by atoms with Gasteiger partial charge in [0.25, 0.3) is 0 Å². The number of aryl methyl sites for hydroxylation is 1. The molecule has 1 N–H and O–H groups in total. The molecule has 1 saturated carbocycles. The maximum absolute atomic E-state index is 13.6. The number of pyridine rings is 1. The van der Waals surface area contributed by atoms with Gasteiger partial charge in [0.2, 0.25) is 5.91 Å². The first-order chi connectivity index (χ1) is 14.1. The Kier molecular flexibility index (Phi) is 6.52. The van der Waals surface area contributed by atoms with Crippen molar-refractivity contribution in [3.63, 3.8) is 0 Å². The van der Waals surface area contributed by atoms with Crippen LogP contribution in [-0.4, -0.2) is 72.7 Å². The van der Waals surface area contributed by atoms with Crippen molar-refractivity contribution in [2.45, 2.75) is 52.1 Å². The van der Waals surface area contributed by atoms with Crippen molar-refractivity contribution < 1.29 is 9.53 Å². The number of fused-ring (bicyclic) bond motifs is 1. The molecule has 1 aromatic heterocycles. The summed E-state index contributed by atoms with van der Waals surface area (Å²) in [5.74, 6) is 0.711. The van der Waals surface area contributed by atoms with Crippen LogP contribution < -0.4 is 5.32 Å². The van der Waals surface area contributed by atoms with E-state index in [0.717, 1.165) is 82.9 Å². The van der Waals surface area contributed by atoms with E-state index in [0.29, 0.717) is 18.5 Å². The molecule has 2 aliphatic heterocycles. The molecule has 3 aliphatic rings. The van der Waals surface area contributed by atoms with Crippen LogP contribution in [0.3, 0.4) is 0 Å². The zero-order valence-corrected chi connectivity index (χ0v) is 18.0. The third-order valence-corrected chi connectivity index (χ3v) is 7.56. The molecule has 3 heterocycles. The van der Waals surface area contributed by atoms with Crippen molar-refractivity contribution in [2.24, 2.45) is 11.3 Å². The molecule has 1 aliphatic carbocycles. The first kappa shape index (κ1) is 20.8. The summed E-state index contributed by atoms with van der Waals surface area (Å²) in [6.45, 7) is 11.6. The minimum Gasteiger partial charge on any atom is -0.379 e. The van der Waals surface area contributed by atoms with Gasteiger partial charge >= 0.3 is 0 Å². The monoisotopic (exact) mass is 400 g/mol. The van der Waals surface area contributed by atoms with Gasteiger partial charge in [-0.2, -0.15) is 0 Å². The average Bonchev–Trinajstić information content (AvgIpc) is 2.78. The third-order valence-electron chi connectivity index (χ3n) is 7.56. The summed E-state index contributed by atoms with van der Waals surface area (Å²) in [5.41, 5.74) is 1.86. The highest BCUT2D eigenvalue weighted by Crippen LogP contribution is 2.47. The van der Waals surface area contributed by atoms with Crippen LogP contribution in [0.5, 0.6) is 0 Å². The predicted molar refractivity (Wildman–Crippen MR) is 114 cm³/mol. The summed E-state index contributed by atoms with van der Waals surface area (Å²) in [6, 6.07) is 4.61. The number of piperidine rings is 1. The fraction of sp³-hybridized carbons (Fsp3) is 0.739. The quantitative estimate of drug-likeness (QED) is 0.821. The number of likely N-dealkylation sites (tertiary alicyclic amines) is 1. The molecule has 3 atom stereocenters. The number of rotatable bonds is 5. The van der Waals surface area contributed by atoms with Gasteiger partial charge in [0.1, 0.15) is 0 Å². The second-order valence-electron chi connectivity index (χ2n) is 9.04. The lowest BCUT2D eigenvalue weighted by molar-refractivity contribution is -0.145. The topological polar surface area (TPSA) is 57.7 Å². The van der Waals surface area contributed by atoms with E-state index in [1.165, 1.54) is 0 Å². The molecule has 0 bridgehead atoms. The number of hydrogen-bond acceptors (Lipinski definition) is 5. The van der Waals surface area contributed by atoms with Gasteiger partial charge in [0, 0.05) is 31.9 Å². The predicted octanol–water partition coefficient (Wildman–Crippen LogP) is 2.22. The Labute approximate surface area is 175 Å². The lowest BCUT2D eigenvalue weighted by Gasteiger charge is -2.53. The fourth-order valence-electron chi connectivity index (χ4n) is 5.68. The van der Waals surface area contributed by atoms with Crippen molar-refractivity contribution in [3.8, 4) is 0 Å². The molecule has 4 rings (SSSR count). The third kappa shape index (κ3) is 4.35. The average molecular weight is 401 g/mol. The Hall–Kier alpha value is -1.50. The molecule has 0 spiro atoms. The van der Waals surface area contributed by atoms with Gasteiger partial charge in [0.15, 0.2) is 0 Å². The molecule has 0 unspecified atom stereocenters. The van der Waals surface area contributed by atoms with Crippen LogP contribution in [0, 0.1) is 18.3 Å². The van der Waals surface area contributed by atoms with E-state index >= 15 is 0 Å². The molecule has 2 saturated heterocycles. The van der Waals surface area contributed by atoms with Gasteiger partial charge in [-0.15, -0.1) is 0 Å². The maximum atomic E-state index is 13.6. The van der Waals surface area contributed by atoms with E-state index in [-0.39, 0.29) is 11.3 Å². The number of carbonyl (C=O) groups excluding carboxylic acids is 1. The van der Waals surface area contributed by atoms with Gasteiger partial charge in [-0.3, -0.25) is 14.7 Å². The highest BCUT2D eigenvalue weighted by Gasteiger charge is 2.52. The Balaban J connectivity index is 1.47. The molecular weight excluding hydrogens is 364 g/mol. The summed E-state index contributed by atoms with van der Waals surface area (Å²) in [7, 11) is 0. The van der Waals surface area contributed by atoms with E-state index in [1.54, 1.807) is 0 Å².